The van der Waals surface area contributed by atoms with Crippen molar-refractivity contribution >= 4 is 11.7 Å². The van der Waals surface area contributed by atoms with Crippen molar-refractivity contribution in [2.75, 3.05) is 25.6 Å². The molecule has 2 rings (SSSR count). The second-order valence-corrected chi connectivity index (χ2v) is 4.31. The van der Waals surface area contributed by atoms with Crippen molar-refractivity contribution < 1.29 is 19.4 Å². The van der Waals surface area contributed by atoms with E-state index in [0.29, 0.717) is 18.9 Å². The minimum atomic E-state index is -0.992. The van der Waals surface area contributed by atoms with Gasteiger partial charge in [0.05, 0.1) is 7.11 Å². The van der Waals surface area contributed by atoms with Crippen LogP contribution in [0.2, 0.25) is 0 Å². The normalized spacial score (nSPS) is 9.95. The van der Waals surface area contributed by atoms with Crippen LogP contribution in [0, 0.1) is 0 Å². The fourth-order valence-corrected chi connectivity index (χ4v) is 1.83. The summed E-state index contributed by atoms with van der Waals surface area (Å²) in [6.07, 6.45) is 0. The van der Waals surface area contributed by atoms with Gasteiger partial charge in [0.15, 0.2) is 0 Å². The largest absolute Gasteiger partial charge is 0.497 e. The minimum absolute atomic E-state index is 0.168. The summed E-state index contributed by atoms with van der Waals surface area (Å²) >= 11 is 0. The summed E-state index contributed by atoms with van der Waals surface area (Å²) in [6, 6.07) is 14.1. The number of nitrogens with one attached hydrogen (secondary N) is 1. The molecule has 0 aliphatic carbocycles. The first kappa shape index (κ1) is 14.7. The predicted molar refractivity (Wildman–Crippen MR) is 80.4 cm³/mol. The van der Waals surface area contributed by atoms with Crippen LogP contribution >= 0.6 is 0 Å². The highest BCUT2D eigenvalue weighted by molar-refractivity contribution is 5.90. The van der Waals surface area contributed by atoms with E-state index >= 15 is 0 Å². The Morgan fingerprint density at radius 3 is 2.52 bits per heavy atom. The summed E-state index contributed by atoms with van der Waals surface area (Å²) in [5, 5.41) is 12.2. The van der Waals surface area contributed by atoms with Gasteiger partial charge in [-0.05, 0) is 36.4 Å². The molecule has 0 aliphatic rings. The van der Waals surface area contributed by atoms with Crippen LogP contribution in [0.5, 0.6) is 11.5 Å². The molecule has 0 radical (unpaired) electrons. The molecule has 0 unspecified atom stereocenters. The maximum Gasteiger partial charge on any atom is 0.339 e. The number of carboxylic acids is 1. The van der Waals surface area contributed by atoms with Gasteiger partial charge in [-0.2, -0.15) is 0 Å². The second kappa shape index (κ2) is 7.19. The van der Waals surface area contributed by atoms with Gasteiger partial charge in [0, 0.05) is 12.2 Å². The van der Waals surface area contributed by atoms with Crippen molar-refractivity contribution in [2.45, 2.75) is 0 Å². The molecule has 2 aromatic carbocycles. The van der Waals surface area contributed by atoms with Gasteiger partial charge >= 0.3 is 5.97 Å². The van der Waals surface area contributed by atoms with Gasteiger partial charge in [-0.25, -0.2) is 4.79 Å². The van der Waals surface area contributed by atoms with Crippen LogP contribution in [0.25, 0.3) is 0 Å². The second-order valence-electron chi connectivity index (χ2n) is 4.31. The van der Waals surface area contributed by atoms with Gasteiger partial charge < -0.3 is 19.9 Å². The zero-order chi connectivity index (χ0) is 15.1. The molecular formula is C16H17NO4. The Hall–Kier alpha value is -2.69. The maximum atomic E-state index is 11.0. The Bertz CT molecular complexity index is 595. The fraction of sp³-hybridized carbons (Fsp3) is 0.188. The van der Waals surface area contributed by atoms with Gasteiger partial charge in [-0.1, -0.05) is 12.1 Å². The summed E-state index contributed by atoms with van der Waals surface area (Å²) in [4.78, 5) is 11.0. The number of anilines is 1. The van der Waals surface area contributed by atoms with Gasteiger partial charge in [0.2, 0.25) is 0 Å². The molecule has 21 heavy (non-hydrogen) atoms. The molecule has 0 spiro atoms. The van der Waals surface area contributed by atoms with E-state index in [1.54, 1.807) is 25.3 Å². The smallest absolute Gasteiger partial charge is 0.339 e. The topological polar surface area (TPSA) is 67.8 Å². The first-order chi connectivity index (χ1) is 10.2. The predicted octanol–water partition coefficient (Wildman–Crippen LogP) is 2.88. The highest BCUT2D eigenvalue weighted by Crippen LogP contribution is 2.18. The van der Waals surface area contributed by atoms with E-state index < -0.39 is 5.97 Å². The average molecular weight is 287 g/mol. The number of aromatic carboxylic acids is 1. The summed E-state index contributed by atoms with van der Waals surface area (Å²) in [6.45, 7) is 0.941. The molecule has 110 valence electrons. The van der Waals surface area contributed by atoms with Crippen LogP contribution < -0.4 is 14.8 Å². The lowest BCUT2D eigenvalue weighted by Crippen LogP contribution is -2.13. The lowest BCUT2D eigenvalue weighted by atomic mass is 10.2. The molecule has 0 aliphatic heterocycles. The number of rotatable bonds is 7. The monoisotopic (exact) mass is 287 g/mol. The Balaban J connectivity index is 1.83. The molecule has 0 atom stereocenters. The number of para-hydroxylation sites is 1. The van der Waals surface area contributed by atoms with Crippen LogP contribution in [0.1, 0.15) is 10.4 Å². The summed E-state index contributed by atoms with van der Waals surface area (Å²) < 4.78 is 10.6. The molecule has 0 saturated heterocycles. The third-order valence-corrected chi connectivity index (χ3v) is 2.90. The SMILES string of the molecule is COc1ccc(NCCOc2ccccc2C(=O)O)cc1. The number of carbonyl (C=O) groups is 1. The fourth-order valence-electron chi connectivity index (χ4n) is 1.83. The van der Waals surface area contributed by atoms with Gasteiger partial charge in [0.25, 0.3) is 0 Å². The zero-order valence-electron chi connectivity index (χ0n) is 11.7. The van der Waals surface area contributed by atoms with Gasteiger partial charge in [-0.15, -0.1) is 0 Å². The summed E-state index contributed by atoms with van der Waals surface area (Å²) in [5.74, 6) is 0.183. The van der Waals surface area contributed by atoms with E-state index in [0.717, 1.165) is 11.4 Å². The van der Waals surface area contributed by atoms with E-state index in [-0.39, 0.29) is 5.56 Å². The zero-order valence-corrected chi connectivity index (χ0v) is 11.7. The number of hydrogen-bond acceptors (Lipinski definition) is 4. The highest BCUT2D eigenvalue weighted by Gasteiger charge is 2.09. The average Bonchev–Trinajstić information content (AvgIpc) is 2.52. The van der Waals surface area contributed by atoms with E-state index in [2.05, 4.69) is 5.32 Å². The van der Waals surface area contributed by atoms with Crippen LogP contribution in [0.15, 0.2) is 48.5 Å². The third kappa shape index (κ3) is 4.14. The molecule has 2 N–H and O–H groups in total. The summed E-state index contributed by atoms with van der Waals surface area (Å²) in [5.41, 5.74) is 1.12. The van der Waals surface area contributed by atoms with E-state index in [9.17, 15) is 4.79 Å². The van der Waals surface area contributed by atoms with E-state index in [1.807, 2.05) is 24.3 Å². The van der Waals surface area contributed by atoms with Crippen molar-refractivity contribution in [3.63, 3.8) is 0 Å². The molecule has 0 fully saturated rings. The molecule has 5 heteroatoms. The number of carboxylic acid groups (broad SMARTS) is 1. The molecule has 0 amide bonds. The Morgan fingerprint density at radius 1 is 1.14 bits per heavy atom. The molecule has 0 heterocycles. The lowest BCUT2D eigenvalue weighted by Gasteiger charge is -2.10. The van der Waals surface area contributed by atoms with E-state index in [1.165, 1.54) is 6.07 Å². The Morgan fingerprint density at radius 2 is 1.86 bits per heavy atom. The molecule has 0 aromatic heterocycles. The maximum absolute atomic E-state index is 11.0. The van der Waals surface area contributed by atoms with Crippen molar-refractivity contribution in [3.8, 4) is 11.5 Å². The standard InChI is InChI=1S/C16H17NO4/c1-20-13-8-6-12(7-9-13)17-10-11-21-15-5-3-2-4-14(15)16(18)19/h2-9,17H,10-11H2,1H3,(H,18,19). The van der Waals surface area contributed by atoms with Gasteiger partial charge in [0.1, 0.15) is 23.7 Å². The molecular weight excluding hydrogens is 270 g/mol. The highest BCUT2D eigenvalue weighted by atomic mass is 16.5. The minimum Gasteiger partial charge on any atom is -0.497 e. The van der Waals surface area contributed by atoms with Crippen molar-refractivity contribution in [3.05, 3.63) is 54.1 Å². The number of benzene rings is 2. The molecule has 0 saturated carbocycles. The van der Waals surface area contributed by atoms with Crippen molar-refractivity contribution in [1.29, 1.82) is 0 Å². The Kier molecular flexibility index (Phi) is 5.04. The molecule has 2 aromatic rings. The molecule has 0 bridgehead atoms. The first-order valence-corrected chi connectivity index (χ1v) is 6.54. The lowest BCUT2D eigenvalue weighted by molar-refractivity contribution is 0.0692. The molecule has 5 nitrogen and oxygen atoms in total. The van der Waals surface area contributed by atoms with Crippen LogP contribution in [-0.2, 0) is 0 Å². The van der Waals surface area contributed by atoms with Crippen LogP contribution in [0.3, 0.4) is 0 Å². The van der Waals surface area contributed by atoms with Crippen molar-refractivity contribution in [2.24, 2.45) is 0 Å². The van der Waals surface area contributed by atoms with Gasteiger partial charge in [-0.3, -0.25) is 0 Å². The Labute approximate surface area is 123 Å². The van der Waals surface area contributed by atoms with Crippen LogP contribution in [0.4, 0.5) is 5.69 Å². The first-order valence-electron chi connectivity index (χ1n) is 6.54. The van der Waals surface area contributed by atoms with Crippen molar-refractivity contribution in [1.82, 2.24) is 0 Å². The summed E-state index contributed by atoms with van der Waals surface area (Å²) in [7, 11) is 1.62. The number of methoxy groups -OCH3 is 1. The number of hydrogen-bond donors (Lipinski definition) is 2. The van der Waals surface area contributed by atoms with E-state index in [4.69, 9.17) is 14.6 Å². The number of ether oxygens (including phenoxy) is 2. The quantitative estimate of drug-likeness (QED) is 0.766. The third-order valence-electron chi connectivity index (χ3n) is 2.90. The van der Waals surface area contributed by atoms with Crippen LogP contribution in [-0.4, -0.2) is 31.3 Å².